The maximum Gasteiger partial charge on any atom is 0.410 e. The van der Waals surface area contributed by atoms with Gasteiger partial charge in [0.25, 0.3) is 0 Å². The predicted octanol–water partition coefficient (Wildman–Crippen LogP) is 2.59. The predicted molar refractivity (Wildman–Crippen MR) is 113 cm³/mol. The lowest BCUT2D eigenvalue weighted by atomic mass is 9.58. The summed E-state index contributed by atoms with van der Waals surface area (Å²) in [5, 5.41) is 30.2. The molecule has 1 aliphatic heterocycles. The van der Waals surface area contributed by atoms with E-state index in [2.05, 4.69) is 18.2 Å². The molecule has 9 nitrogen and oxygen atoms in total. The number of methoxy groups -OCH3 is 2. The zero-order valence-electron chi connectivity index (χ0n) is 18.1. The molecule has 2 unspecified atom stereocenters. The molecule has 1 aromatic carbocycles. The number of hydrogen-bond donors (Lipinski definition) is 1. The second-order valence-electron chi connectivity index (χ2n) is 7.36. The summed E-state index contributed by atoms with van der Waals surface area (Å²) in [5.74, 6) is -0.624. The number of carbonyl (C=O) groups excluding carboxylic acids is 1. The van der Waals surface area contributed by atoms with Crippen LogP contribution in [0.2, 0.25) is 0 Å². The van der Waals surface area contributed by atoms with Crippen molar-refractivity contribution in [3.63, 3.8) is 0 Å². The van der Waals surface area contributed by atoms with E-state index in [4.69, 9.17) is 19.9 Å². The van der Waals surface area contributed by atoms with Gasteiger partial charge in [0.1, 0.15) is 6.07 Å². The minimum Gasteiger partial charge on any atom is -0.493 e. The first-order valence-electron chi connectivity index (χ1n) is 9.99. The molecule has 2 atom stereocenters. The van der Waals surface area contributed by atoms with Crippen molar-refractivity contribution in [2.24, 2.45) is 17.1 Å². The highest BCUT2D eigenvalue weighted by Gasteiger charge is 2.55. The molecule has 2 N–H and O–H groups in total. The molecule has 1 aromatic rings. The second-order valence-corrected chi connectivity index (χ2v) is 7.36. The number of fused-ring (bicyclic) bond motifs is 1. The number of hydrogen-bond acceptors (Lipinski definition) is 8. The van der Waals surface area contributed by atoms with Crippen molar-refractivity contribution < 1.29 is 19.0 Å². The third-order valence-corrected chi connectivity index (χ3v) is 5.96. The van der Waals surface area contributed by atoms with E-state index < -0.39 is 23.3 Å². The molecule has 1 amide bonds. The number of benzene rings is 1. The van der Waals surface area contributed by atoms with Crippen molar-refractivity contribution in [1.29, 1.82) is 15.8 Å². The summed E-state index contributed by atoms with van der Waals surface area (Å²) in [7, 11) is 2.95. The van der Waals surface area contributed by atoms with Gasteiger partial charge >= 0.3 is 6.09 Å². The van der Waals surface area contributed by atoms with E-state index in [0.29, 0.717) is 22.6 Å². The van der Waals surface area contributed by atoms with E-state index in [1.807, 2.05) is 0 Å². The molecule has 3 rings (SSSR count). The molecule has 32 heavy (non-hydrogen) atoms. The Kier molecular flexibility index (Phi) is 6.27. The Morgan fingerprint density at radius 2 is 1.97 bits per heavy atom. The van der Waals surface area contributed by atoms with Crippen molar-refractivity contribution in [1.82, 2.24) is 4.90 Å². The fourth-order valence-electron chi connectivity index (χ4n) is 4.54. The van der Waals surface area contributed by atoms with E-state index in [-0.39, 0.29) is 31.0 Å². The molecule has 1 heterocycles. The van der Waals surface area contributed by atoms with E-state index in [1.165, 1.54) is 19.1 Å². The maximum absolute atomic E-state index is 12.5. The van der Waals surface area contributed by atoms with Crippen LogP contribution in [0.5, 0.6) is 11.5 Å². The highest BCUT2D eigenvalue weighted by Crippen LogP contribution is 2.56. The third kappa shape index (κ3) is 3.27. The lowest BCUT2D eigenvalue weighted by molar-refractivity contribution is 0.0997. The molecule has 0 saturated heterocycles. The molecular formula is C23H23N5O4. The van der Waals surface area contributed by atoms with Gasteiger partial charge in [0.05, 0.1) is 44.2 Å². The number of allylic oxidation sites excluding steroid dienone is 2. The summed E-state index contributed by atoms with van der Waals surface area (Å²) in [6, 6.07) is 11.4. The standard InChI is InChI=1S/C23H23N5O4/c1-4-32-22(29)28-9-8-14-16(10-24)21(27)23(12-25,13-26)19(17(14)11-28)15-6-5-7-18(30-2)20(15)31-3/h5-8,17,19H,4,9,11,27H2,1-3H3. The average Bonchev–Trinajstić information content (AvgIpc) is 2.82. The number of carbonyl (C=O) groups is 1. The van der Waals surface area contributed by atoms with Crippen LogP contribution < -0.4 is 15.2 Å². The number of nitrogens with two attached hydrogens (primary N) is 1. The molecule has 1 aliphatic carbocycles. The monoisotopic (exact) mass is 433 g/mol. The molecule has 9 heteroatoms. The number of para-hydroxylation sites is 1. The summed E-state index contributed by atoms with van der Waals surface area (Å²) < 4.78 is 16.2. The molecule has 2 aliphatic rings. The number of rotatable bonds is 4. The summed E-state index contributed by atoms with van der Waals surface area (Å²) >= 11 is 0. The smallest absolute Gasteiger partial charge is 0.410 e. The Balaban J connectivity index is 2.32. The minimum absolute atomic E-state index is 0.0970. The first-order chi connectivity index (χ1) is 15.4. The van der Waals surface area contributed by atoms with Crippen LogP contribution in [0.25, 0.3) is 0 Å². The molecule has 0 spiro atoms. The van der Waals surface area contributed by atoms with Gasteiger partial charge in [-0.25, -0.2) is 4.79 Å². The van der Waals surface area contributed by atoms with Gasteiger partial charge < -0.3 is 24.8 Å². The van der Waals surface area contributed by atoms with Gasteiger partial charge in [0, 0.05) is 30.5 Å². The number of nitriles is 3. The lowest BCUT2D eigenvalue weighted by Crippen LogP contribution is -2.49. The molecule has 0 radical (unpaired) electrons. The van der Waals surface area contributed by atoms with Crippen LogP contribution in [0.1, 0.15) is 18.4 Å². The topological polar surface area (TPSA) is 145 Å². The van der Waals surface area contributed by atoms with E-state index in [9.17, 15) is 20.6 Å². The second kappa shape index (κ2) is 8.91. The first-order valence-corrected chi connectivity index (χ1v) is 9.99. The van der Waals surface area contributed by atoms with Gasteiger partial charge in [0.2, 0.25) is 0 Å². The van der Waals surface area contributed by atoms with Gasteiger partial charge in [0.15, 0.2) is 16.9 Å². The van der Waals surface area contributed by atoms with E-state index >= 15 is 0 Å². The molecule has 0 aromatic heterocycles. The van der Waals surface area contributed by atoms with Crippen LogP contribution in [0.3, 0.4) is 0 Å². The van der Waals surface area contributed by atoms with Crippen LogP contribution in [-0.2, 0) is 4.74 Å². The van der Waals surface area contributed by atoms with Crippen molar-refractivity contribution in [2.45, 2.75) is 12.8 Å². The zero-order valence-corrected chi connectivity index (χ0v) is 18.1. The fraction of sp³-hybridized carbons (Fsp3) is 0.391. The highest BCUT2D eigenvalue weighted by molar-refractivity contribution is 5.70. The Bertz CT molecular complexity index is 1100. The molecular weight excluding hydrogens is 410 g/mol. The van der Waals surface area contributed by atoms with Crippen LogP contribution >= 0.6 is 0 Å². The Morgan fingerprint density at radius 3 is 2.53 bits per heavy atom. The third-order valence-electron chi connectivity index (χ3n) is 5.96. The van der Waals surface area contributed by atoms with Crippen molar-refractivity contribution >= 4 is 6.09 Å². The fourth-order valence-corrected chi connectivity index (χ4v) is 4.54. The van der Waals surface area contributed by atoms with Crippen molar-refractivity contribution in [3.05, 3.63) is 46.7 Å². The molecule has 0 fully saturated rings. The Labute approximate surface area is 186 Å². The summed E-state index contributed by atoms with van der Waals surface area (Å²) in [6.45, 7) is 2.28. The number of ether oxygens (including phenoxy) is 3. The number of nitrogens with zero attached hydrogens (tertiary/aromatic N) is 4. The SMILES string of the molecule is CCOC(=O)N1CC=C2C(C#N)=C(N)C(C#N)(C#N)C(c3cccc(OC)c3OC)C2C1. The van der Waals surface area contributed by atoms with Crippen LogP contribution in [0, 0.1) is 45.3 Å². The van der Waals surface area contributed by atoms with E-state index in [0.717, 1.165) is 0 Å². The lowest BCUT2D eigenvalue weighted by Gasteiger charge is -2.45. The first kappa shape index (κ1) is 22.5. The van der Waals surface area contributed by atoms with Gasteiger partial charge in [-0.15, -0.1) is 0 Å². The summed E-state index contributed by atoms with van der Waals surface area (Å²) in [4.78, 5) is 13.9. The highest BCUT2D eigenvalue weighted by atomic mass is 16.6. The van der Waals surface area contributed by atoms with Gasteiger partial charge in [-0.1, -0.05) is 18.2 Å². The Morgan fingerprint density at radius 1 is 1.25 bits per heavy atom. The molecule has 0 bridgehead atoms. The summed E-state index contributed by atoms with van der Waals surface area (Å²) in [6.07, 6.45) is 1.22. The largest absolute Gasteiger partial charge is 0.493 e. The average molecular weight is 433 g/mol. The summed E-state index contributed by atoms with van der Waals surface area (Å²) in [5.41, 5.74) is 5.58. The number of amides is 1. The van der Waals surface area contributed by atoms with Crippen LogP contribution in [0.15, 0.2) is 41.1 Å². The van der Waals surface area contributed by atoms with Crippen molar-refractivity contribution in [3.8, 4) is 29.7 Å². The Hall–Kier alpha value is -4.16. The molecule has 0 saturated carbocycles. The van der Waals surface area contributed by atoms with Gasteiger partial charge in [-0.2, -0.15) is 15.8 Å². The minimum atomic E-state index is -1.86. The normalized spacial score (nSPS) is 21.2. The molecule has 164 valence electrons. The van der Waals surface area contributed by atoms with Crippen molar-refractivity contribution in [2.75, 3.05) is 33.9 Å². The quantitative estimate of drug-likeness (QED) is 0.762. The maximum atomic E-state index is 12.5. The van der Waals surface area contributed by atoms with Gasteiger partial charge in [-0.3, -0.25) is 0 Å². The van der Waals surface area contributed by atoms with E-state index in [1.54, 1.807) is 31.2 Å². The van der Waals surface area contributed by atoms with Gasteiger partial charge in [-0.05, 0) is 18.6 Å². The van der Waals surface area contributed by atoms with Crippen LogP contribution in [-0.4, -0.2) is 44.9 Å². The zero-order chi connectivity index (χ0) is 23.5. The van der Waals surface area contributed by atoms with Crippen LogP contribution in [0.4, 0.5) is 4.79 Å².